The van der Waals surface area contributed by atoms with Crippen LogP contribution in [0.3, 0.4) is 0 Å². The molecule has 156 valence electrons. The second kappa shape index (κ2) is 7.89. The van der Waals surface area contributed by atoms with Crippen LogP contribution in [-0.2, 0) is 6.18 Å². The fourth-order valence-corrected chi connectivity index (χ4v) is 2.96. The number of pyridine rings is 1. The molecular formula is C21H19F4N5. The standard InChI is InChI=1S/C21H19F4N5/c1-12-7-14(22)9-15(8-12)27-19-10-18(26-11-13-5-6-13)29-20(30-19)16-3-2-4-17(28-16)21(23,24)25/h2-4,7-10,13H,5-6,11H2,1H3,(H2,26,27,29,30). The highest BCUT2D eigenvalue weighted by Gasteiger charge is 2.32. The number of aryl methyl sites for hydroxylation is 1. The summed E-state index contributed by atoms with van der Waals surface area (Å²) in [6.45, 7) is 2.47. The van der Waals surface area contributed by atoms with Gasteiger partial charge in [0, 0.05) is 18.3 Å². The van der Waals surface area contributed by atoms with E-state index in [0.29, 0.717) is 29.8 Å². The third-order valence-corrected chi connectivity index (χ3v) is 4.58. The van der Waals surface area contributed by atoms with Crippen molar-refractivity contribution in [2.24, 2.45) is 5.92 Å². The van der Waals surface area contributed by atoms with Gasteiger partial charge in [0.1, 0.15) is 28.8 Å². The number of benzene rings is 1. The molecule has 3 aromatic rings. The van der Waals surface area contributed by atoms with E-state index in [1.165, 1.54) is 24.3 Å². The molecule has 0 bridgehead atoms. The molecule has 1 aromatic carbocycles. The number of nitrogens with zero attached hydrogens (tertiary/aromatic N) is 3. The van der Waals surface area contributed by atoms with Gasteiger partial charge in [0.25, 0.3) is 0 Å². The maximum Gasteiger partial charge on any atom is 0.433 e. The molecule has 1 saturated carbocycles. The van der Waals surface area contributed by atoms with Gasteiger partial charge in [0.2, 0.25) is 0 Å². The van der Waals surface area contributed by atoms with Crippen LogP contribution in [-0.4, -0.2) is 21.5 Å². The molecule has 0 unspecified atom stereocenters. The van der Waals surface area contributed by atoms with E-state index in [-0.39, 0.29) is 11.5 Å². The number of alkyl halides is 3. The van der Waals surface area contributed by atoms with Crippen molar-refractivity contribution in [3.8, 4) is 11.5 Å². The Bertz CT molecular complexity index is 1040. The lowest BCUT2D eigenvalue weighted by Crippen LogP contribution is -2.10. The van der Waals surface area contributed by atoms with Crippen LogP contribution in [0.2, 0.25) is 0 Å². The third-order valence-electron chi connectivity index (χ3n) is 4.58. The molecule has 2 N–H and O–H groups in total. The van der Waals surface area contributed by atoms with Gasteiger partial charge in [-0.2, -0.15) is 13.2 Å². The van der Waals surface area contributed by atoms with Crippen molar-refractivity contribution < 1.29 is 17.6 Å². The molecule has 0 spiro atoms. The van der Waals surface area contributed by atoms with Crippen molar-refractivity contribution in [3.05, 3.63) is 59.5 Å². The molecule has 4 rings (SSSR count). The molecule has 0 atom stereocenters. The first kappa shape index (κ1) is 20.1. The average Bonchev–Trinajstić information content (AvgIpc) is 3.49. The van der Waals surface area contributed by atoms with Crippen molar-refractivity contribution in [2.75, 3.05) is 17.2 Å². The molecular weight excluding hydrogens is 398 g/mol. The van der Waals surface area contributed by atoms with E-state index in [4.69, 9.17) is 0 Å². The summed E-state index contributed by atoms with van der Waals surface area (Å²) in [7, 11) is 0. The van der Waals surface area contributed by atoms with Crippen LogP contribution in [0, 0.1) is 18.7 Å². The van der Waals surface area contributed by atoms with Crippen molar-refractivity contribution in [2.45, 2.75) is 25.9 Å². The van der Waals surface area contributed by atoms with Gasteiger partial charge in [-0.25, -0.2) is 19.3 Å². The van der Waals surface area contributed by atoms with Gasteiger partial charge in [-0.05, 0) is 61.6 Å². The fraction of sp³-hybridized carbons (Fsp3) is 0.286. The maximum atomic E-state index is 13.7. The van der Waals surface area contributed by atoms with Gasteiger partial charge in [-0.1, -0.05) is 6.07 Å². The van der Waals surface area contributed by atoms with Gasteiger partial charge < -0.3 is 10.6 Å². The largest absolute Gasteiger partial charge is 0.433 e. The zero-order chi connectivity index (χ0) is 21.3. The third kappa shape index (κ3) is 5.03. The van der Waals surface area contributed by atoms with Gasteiger partial charge in [0.15, 0.2) is 5.82 Å². The van der Waals surface area contributed by atoms with E-state index in [2.05, 4.69) is 25.6 Å². The summed E-state index contributed by atoms with van der Waals surface area (Å²) in [6.07, 6.45) is -2.31. The summed E-state index contributed by atoms with van der Waals surface area (Å²) in [4.78, 5) is 12.3. The number of hydrogen-bond acceptors (Lipinski definition) is 5. The van der Waals surface area contributed by atoms with Crippen molar-refractivity contribution in [3.63, 3.8) is 0 Å². The number of aromatic nitrogens is 3. The molecule has 5 nitrogen and oxygen atoms in total. The highest BCUT2D eigenvalue weighted by Crippen LogP contribution is 2.31. The summed E-state index contributed by atoms with van der Waals surface area (Å²) in [6, 6.07) is 9.67. The van der Waals surface area contributed by atoms with Crippen LogP contribution >= 0.6 is 0 Å². The monoisotopic (exact) mass is 417 g/mol. The topological polar surface area (TPSA) is 62.7 Å². The normalized spacial score (nSPS) is 13.9. The van der Waals surface area contributed by atoms with Crippen LogP contribution < -0.4 is 10.6 Å². The lowest BCUT2D eigenvalue weighted by Gasteiger charge is -2.12. The Morgan fingerprint density at radius 1 is 1.00 bits per heavy atom. The second-order valence-corrected chi connectivity index (χ2v) is 7.33. The predicted octanol–water partition coefficient (Wildman–Crippen LogP) is 5.57. The van der Waals surface area contributed by atoms with E-state index < -0.39 is 17.7 Å². The van der Waals surface area contributed by atoms with Crippen LogP contribution in [0.4, 0.5) is 34.9 Å². The molecule has 1 aliphatic rings. The molecule has 30 heavy (non-hydrogen) atoms. The molecule has 0 saturated heterocycles. The highest BCUT2D eigenvalue weighted by atomic mass is 19.4. The zero-order valence-corrected chi connectivity index (χ0v) is 16.1. The molecule has 0 radical (unpaired) electrons. The number of hydrogen-bond donors (Lipinski definition) is 2. The molecule has 9 heteroatoms. The summed E-state index contributed by atoms with van der Waals surface area (Å²) >= 11 is 0. The first-order valence-corrected chi connectivity index (χ1v) is 9.48. The Morgan fingerprint density at radius 3 is 2.47 bits per heavy atom. The van der Waals surface area contributed by atoms with Crippen LogP contribution in [0.15, 0.2) is 42.5 Å². The SMILES string of the molecule is Cc1cc(F)cc(Nc2cc(NCC3CC3)nc(-c3cccc(C(F)(F)F)n3)n2)c1. The Labute approximate surface area is 170 Å². The Balaban J connectivity index is 1.70. The summed E-state index contributed by atoms with van der Waals surface area (Å²) < 4.78 is 52.9. The van der Waals surface area contributed by atoms with Gasteiger partial charge in [-0.3, -0.25) is 0 Å². The molecule has 0 aliphatic heterocycles. The van der Waals surface area contributed by atoms with Crippen LogP contribution in [0.1, 0.15) is 24.1 Å². The smallest absolute Gasteiger partial charge is 0.370 e. The number of rotatable bonds is 6. The zero-order valence-electron chi connectivity index (χ0n) is 16.1. The van der Waals surface area contributed by atoms with Crippen LogP contribution in [0.25, 0.3) is 11.5 Å². The lowest BCUT2D eigenvalue weighted by atomic mass is 10.2. The second-order valence-electron chi connectivity index (χ2n) is 7.33. The van der Waals surface area contributed by atoms with Crippen LogP contribution in [0.5, 0.6) is 0 Å². The summed E-state index contributed by atoms with van der Waals surface area (Å²) in [5.74, 6) is 0.984. The van der Waals surface area contributed by atoms with Crippen molar-refractivity contribution in [1.82, 2.24) is 15.0 Å². The quantitative estimate of drug-likeness (QED) is 0.514. The fourth-order valence-electron chi connectivity index (χ4n) is 2.96. The van der Waals surface area contributed by atoms with E-state index in [0.717, 1.165) is 24.5 Å². The van der Waals surface area contributed by atoms with Gasteiger partial charge >= 0.3 is 6.18 Å². The summed E-state index contributed by atoms with van der Waals surface area (Å²) in [5.41, 5.74) is 0.175. The minimum atomic E-state index is -4.57. The number of nitrogens with one attached hydrogen (secondary N) is 2. The minimum absolute atomic E-state index is 0.00151. The molecule has 0 amide bonds. The number of halogens is 4. The molecule has 1 aliphatic carbocycles. The highest BCUT2D eigenvalue weighted by molar-refractivity contribution is 5.64. The summed E-state index contributed by atoms with van der Waals surface area (Å²) in [5, 5.41) is 6.20. The molecule has 2 aromatic heterocycles. The lowest BCUT2D eigenvalue weighted by molar-refractivity contribution is -0.141. The van der Waals surface area contributed by atoms with E-state index >= 15 is 0 Å². The Morgan fingerprint density at radius 2 is 1.77 bits per heavy atom. The van der Waals surface area contributed by atoms with E-state index in [1.807, 2.05) is 0 Å². The predicted molar refractivity (Wildman–Crippen MR) is 106 cm³/mol. The first-order chi connectivity index (χ1) is 14.3. The van der Waals surface area contributed by atoms with Crippen molar-refractivity contribution in [1.29, 1.82) is 0 Å². The first-order valence-electron chi connectivity index (χ1n) is 9.48. The van der Waals surface area contributed by atoms with E-state index in [1.54, 1.807) is 19.1 Å². The maximum absolute atomic E-state index is 13.7. The number of anilines is 3. The average molecular weight is 417 g/mol. The molecule has 1 fully saturated rings. The Hall–Kier alpha value is -3.23. The van der Waals surface area contributed by atoms with E-state index in [9.17, 15) is 17.6 Å². The molecule has 2 heterocycles. The van der Waals surface area contributed by atoms with Gasteiger partial charge in [0.05, 0.1) is 0 Å². The minimum Gasteiger partial charge on any atom is -0.370 e. The van der Waals surface area contributed by atoms with Crippen molar-refractivity contribution >= 4 is 17.3 Å². The Kier molecular flexibility index (Phi) is 5.27. The van der Waals surface area contributed by atoms with Gasteiger partial charge in [-0.15, -0.1) is 0 Å².